The SMILES string of the molecule is C=C\C(=C(CO)/C(=C\C)C(=C\N(C)C=O)/C=C/Nc1ccc(C(=O)N2CCOCC2)cn1)n1ccc2cc(N(C)C)cc(F)c2c1=O. The van der Waals surface area contributed by atoms with E-state index in [1.54, 1.807) is 86.7 Å². The van der Waals surface area contributed by atoms with Gasteiger partial charge < -0.3 is 29.9 Å². The first-order chi connectivity index (χ1) is 22.6. The lowest BCUT2D eigenvalue weighted by Gasteiger charge is -2.26. The van der Waals surface area contributed by atoms with Gasteiger partial charge in [0.15, 0.2) is 0 Å². The quantitative estimate of drug-likeness (QED) is 0.225. The summed E-state index contributed by atoms with van der Waals surface area (Å²) in [6, 6.07) is 8.02. The number of aliphatic hydroxyl groups is 1. The predicted molar refractivity (Wildman–Crippen MR) is 182 cm³/mol. The number of morpholine rings is 1. The molecule has 0 aliphatic carbocycles. The number of allylic oxidation sites excluding steroid dienone is 5. The van der Waals surface area contributed by atoms with E-state index in [1.807, 2.05) is 0 Å². The van der Waals surface area contributed by atoms with Gasteiger partial charge in [-0.1, -0.05) is 12.7 Å². The van der Waals surface area contributed by atoms with Crippen molar-refractivity contribution in [3.05, 3.63) is 118 Å². The maximum atomic E-state index is 15.2. The van der Waals surface area contributed by atoms with Gasteiger partial charge in [-0.25, -0.2) is 9.37 Å². The molecule has 0 radical (unpaired) electrons. The Labute approximate surface area is 272 Å². The second-order valence-electron chi connectivity index (χ2n) is 10.9. The first-order valence-corrected chi connectivity index (χ1v) is 14.9. The van der Waals surface area contributed by atoms with Crippen molar-refractivity contribution in [2.75, 3.05) is 64.3 Å². The molecule has 3 aromatic rings. The van der Waals surface area contributed by atoms with Crippen LogP contribution in [0.3, 0.4) is 0 Å². The second kappa shape index (κ2) is 15.8. The standard InChI is InChI=1S/C35H39FN6O5/c1-6-28(29(22-43)31(7-2)42-13-11-24-18-27(39(3)4)19-30(36)33(24)35(42)46)26(21-40(5)23-44)10-12-37-32-9-8-25(20-38-32)34(45)41-14-16-47-17-15-41/h6-13,18-21,23,43H,2,14-17,22H2,1,3-5H3,(H,37,38)/b12-10+,26-21-,28-6-,31-29+. The summed E-state index contributed by atoms with van der Waals surface area (Å²) in [6.07, 6.45) is 11.6. The molecule has 11 nitrogen and oxygen atoms in total. The number of hydrogen-bond donors (Lipinski definition) is 2. The number of carbonyl (C=O) groups is 2. The average Bonchev–Trinajstić information content (AvgIpc) is 3.08. The van der Waals surface area contributed by atoms with Crippen LogP contribution in [0, 0.1) is 5.82 Å². The van der Waals surface area contributed by atoms with Gasteiger partial charge in [0.2, 0.25) is 6.41 Å². The summed E-state index contributed by atoms with van der Waals surface area (Å²) in [6.45, 7) is 7.19. The maximum absolute atomic E-state index is 15.2. The number of halogens is 1. The van der Waals surface area contributed by atoms with Crippen molar-refractivity contribution in [1.29, 1.82) is 0 Å². The third-order valence-electron chi connectivity index (χ3n) is 7.61. The van der Waals surface area contributed by atoms with Crippen molar-refractivity contribution < 1.29 is 23.8 Å². The van der Waals surface area contributed by atoms with Crippen LogP contribution in [-0.2, 0) is 9.53 Å². The van der Waals surface area contributed by atoms with Gasteiger partial charge in [-0.3, -0.25) is 19.0 Å². The zero-order chi connectivity index (χ0) is 34.1. The fraction of sp³-hybridized carbons (Fsp3) is 0.257. The Bertz CT molecular complexity index is 1820. The van der Waals surface area contributed by atoms with E-state index in [0.29, 0.717) is 71.9 Å². The van der Waals surface area contributed by atoms with E-state index >= 15 is 4.39 Å². The number of aromatic nitrogens is 2. The summed E-state index contributed by atoms with van der Waals surface area (Å²) in [5.74, 6) is -0.313. The largest absolute Gasteiger partial charge is 0.392 e. The maximum Gasteiger partial charge on any atom is 0.265 e. The third-order valence-corrected chi connectivity index (χ3v) is 7.61. The number of carbonyl (C=O) groups excluding carboxylic acids is 2. The number of pyridine rings is 2. The van der Waals surface area contributed by atoms with Gasteiger partial charge in [0.05, 0.1) is 36.5 Å². The molecule has 2 aromatic heterocycles. The fourth-order valence-electron chi connectivity index (χ4n) is 5.17. The Morgan fingerprint density at radius 3 is 2.53 bits per heavy atom. The molecular formula is C35H39FN6O5. The van der Waals surface area contributed by atoms with E-state index in [4.69, 9.17) is 4.74 Å². The van der Waals surface area contributed by atoms with E-state index < -0.39 is 18.0 Å². The van der Waals surface area contributed by atoms with E-state index in [2.05, 4.69) is 16.9 Å². The van der Waals surface area contributed by atoms with Crippen molar-refractivity contribution in [2.24, 2.45) is 0 Å². The zero-order valence-corrected chi connectivity index (χ0v) is 26.9. The Hall–Kier alpha value is -5.33. The summed E-state index contributed by atoms with van der Waals surface area (Å²) in [5, 5.41) is 14.0. The average molecular weight is 643 g/mol. The van der Waals surface area contributed by atoms with Crippen LogP contribution >= 0.6 is 0 Å². The summed E-state index contributed by atoms with van der Waals surface area (Å²) >= 11 is 0. The molecule has 0 bridgehead atoms. The Morgan fingerprint density at radius 2 is 1.94 bits per heavy atom. The highest BCUT2D eigenvalue weighted by atomic mass is 19.1. The molecule has 1 saturated heterocycles. The van der Waals surface area contributed by atoms with E-state index in [9.17, 15) is 19.5 Å². The number of nitrogens with one attached hydrogen (secondary N) is 1. The predicted octanol–water partition coefficient (Wildman–Crippen LogP) is 4.01. The van der Waals surface area contributed by atoms with Gasteiger partial charge in [0, 0.05) is 70.3 Å². The number of fused-ring (bicyclic) bond motifs is 1. The molecule has 2 N–H and O–H groups in total. The molecule has 12 heteroatoms. The lowest BCUT2D eigenvalue weighted by atomic mass is 9.96. The molecular weight excluding hydrogens is 603 g/mol. The van der Waals surface area contributed by atoms with Gasteiger partial charge in [-0.05, 0) is 65.9 Å². The van der Waals surface area contributed by atoms with Crippen molar-refractivity contribution in [1.82, 2.24) is 19.4 Å². The molecule has 1 aliphatic rings. The molecule has 3 heterocycles. The molecule has 0 saturated carbocycles. The van der Waals surface area contributed by atoms with Crippen molar-refractivity contribution in [3.63, 3.8) is 0 Å². The fourth-order valence-corrected chi connectivity index (χ4v) is 5.17. The lowest BCUT2D eigenvalue weighted by molar-refractivity contribution is -0.115. The monoisotopic (exact) mass is 642 g/mol. The Kier molecular flexibility index (Phi) is 11.6. The molecule has 246 valence electrons. The zero-order valence-electron chi connectivity index (χ0n) is 26.9. The lowest BCUT2D eigenvalue weighted by Crippen LogP contribution is -2.40. The molecule has 1 aliphatic heterocycles. The molecule has 47 heavy (non-hydrogen) atoms. The first kappa shape index (κ1) is 34.5. The normalized spacial score (nSPS) is 14.6. The first-order valence-electron chi connectivity index (χ1n) is 14.9. The number of nitrogens with zero attached hydrogens (tertiary/aromatic N) is 5. The minimum atomic E-state index is -0.667. The van der Waals surface area contributed by atoms with Crippen molar-refractivity contribution in [2.45, 2.75) is 6.92 Å². The van der Waals surface area contributed by atoms with Crippen LogP contribution < -0.4 is 15.8 Å². The topological polar surface area (TPSA) is 120 Å². The minimum Gasteiger partial charge on any atom is -0.392 e. The molecule has 2 amide bonds. The van der Waals surface area contributed by atoms with E-state index in [-0.39, 0.29) is 17.0 Å². The molecule has 0 unspecified atom stereocenters. The van der Waals surface area contributed by atoms with Crippen LogP contribution in [-0.4, -0.2) is 90.8 Å². The van der Waals surface area contributed by atoms with Crippen LogP contribution in [0.15, 0.2) is 101 Å². The molecule has 4 rings (SSSR count). The molecule has 0 spiro atoms. The Morgan fingerprint density at radius 1 is 1.19 bits per heavy atom. The van der Waals surface area contributed by atoms with Crippen LogP contribution in [0.2, 0.25) is 0 Å². The van der Waals surface area contributed by atoms with Crippen molar-refractivity contribution >= 4 is 40.3 Å². The highest BCUT2D eigenvalue weighted by Crippen LogP contribution is 2.28. The number of anilines is 2. The summed E-state index contributed by atoms with van der Waals surface area (Å²) in [4.78, 5) is 47.1. The van der Waals surface area contributed by atoms with E-state index in [1.165, 1.54) is 34.0 Å². The Balaban J connectivity index is 1.68. The van der Waals surface area contributed by atoms with Gasteiger partial charge in [-0.2, -0.15) is 0 Å². The minimum absolute atomic E-state index is 0.0949. The number of rotatable bonds is 12. The van der Waals surface area contributed by atoms with Gasteiger partial charge >= 0.3 is 0 Å². The van der Waals surface area contributed by atoms with Gasteiger partial charge in [-0.15, -0.1) is 0 Å². The molecule has 1 fully saturated rings. The van der Waals surface area contributed by atoms with Crippen LogP contribution in [0.25, 0.3) is 16.5 Å². The van der Waals surface area contributed by atoms with Crippen LogP contribution in [0.4, 0.5) is 15.9 Å². The number of aliphatic hydroxyl groups excluding tert-OH is 1. The highest BCUT2D eigenvalue weighted by molar-refractivity contribution is 5.94. The smallest absolute Gasteiger partial charge is 0.265 e. The number of ether oxygens (including phenoxy) is 1. The number of benzene rings is 1. The second-order valence-corrected chi connectivity index (χ2v) is 10.9. The van der Waals surface area contributed by atoms with Gasteiger partial charge in [0.1, 0.15) is 11.6 Å². The summed E-state index contributed by atoms with van der Waals surface area (Å²) < 4.78 is 21.8. The number of amides is 2. The number of hydrogen-bond acceptors (Lipinski definition) is 8. The third kappa shape index (κ3) is 7.91. The van der Waals surface area contributed by atoms with Gasteiger partial charge in [0.25, 0.3) is 11.5 Å². The van der Waals surface area contributed by atoms with Crippen molar-refractivity contribution in [3.8, 4) is 0 Å². The van der Waals surface area contributed by atoms with Crippen LogP contribution in [0.5, 0.6) is 0 Å². The van der Waals surface area contributed by atoms with Crippen LogP contribution in [0.1, 0.15) is 17.3 Å². The van der Waals surface area contributed by atoms with E-state index in [0.717, 1.165) is 0 Å². The molecule has 1 aromatic carbocycles. The molecule has 0 atom stereocenters. The summed E-state index contributed by atoms with van der Waals surface area (Å²) in [7, 11) is 5.13. The summed E-state index contributed by atoms with van der Waals surface area (Å²) in [5.41, 5.74) is 2.00. The highest BCUT2D eigenvalue weighted by Gasteiger charge is 2.20.